The number of aryl methyl sites for hydroxylation is 1. The lowest BCUT2D eigenvalue weighted by Crippen LogP contribution is -2.29. The minimum absolute atomic E-state index is 0.0215. The van der Waals surface area contributed by atoms with Gasteiger partial charge in [-0.3, -0.25) is 4.79 Å². The Balaban J connectivity index is 1.54. The van der Waals surface area contributed by atoms with E-state index >= 15 is 0 Å². The molecule has 0 bridgehead atoms. The van der Waals surface area contributed by atoms with Crippen LogP contribution in [-0.2, 0) is 4.79 Å². The van der Waals surface area contributed by atoms with Gasteiger partial charge in [-0.25, -0.2) is 18.0 Å². The van der Waals surface area contributed by atoms with Crippen LogP contribution in [0.3, 0.4) is 0 Å². The molecular formula is C26H17F5O7. The highest BCUT2D eigenvalue weighted by Crippen LogP contribution is 2.31. The van der Waals surface area contributed by atoms with Crippen molar-refractivity contribution in [3.05, 3.63) is 87.5 Å². The second-order valence-electron chi connectivity index (χ2n) is 7.83. The van der Waals surface area contributed by atoms with Crippen molar-refractivity contribution in [2.24, 2.45) is 0 Å². The third kappa shape index (κ3) is 4.97. The highest BCUT2D eigenvalue weighted by atomic mass is 19.2. The fourth-order valence-corrected chi connectivity index (χ4v) is 3.32. The summed E-state index contributed by atoms with van der Waals surface area (Å²) < 4.78 is 93.8. The summed E-state index contributed by atoms with van der Waals surface area (Å²) in [6.45, 7) is 2.47. The Labute approximate surface area is 210 Å². The van der Waals surface area contributed by atoms with Crippen molar-refractivity contribution in [3.8, 4) is 28.7 Å². The third-order valence-electron chi connectivity index (χ3n) is 5.28. The summed E-state index contributed by atoms with van der Waals surface area (Å²) in [7, 11) is 1.50. The van der Waals surface area contributed by atoms with Crippen molar-refractivity contribution in [2.75, 3.05) is 7.11 Å². The maximum absolute atomic E-state index is 13.9. The van der Waals surface area contributed by atoms with E-state index < -0.39 is 52.3 Å². The van der Waals surface area contributed by atoms with Crippen molar-refractivity contribution in [1.29, 1.82) is 0 Å². The fraction of sp³-hybridized carbons (Fsp3) is 0.154. The van der Waals surface area contributed by atoms with Gasteiger partial charge < -0.3 is 23.4 Å². The maximum Gasteiger partial charge on any atom is 0.352 e. The summed E-state index contributed by atoms with van der Waals surface area (Å²) in [6.07, 6.45) is -1.78. The molecule has 12 heteroatoms. The molecule has 1 atom stereocenters. The number of hydrogen-bond acceptors (Lipinski definition) is 7. The zero-order chi connectivity index (χ0) is 27.7. The first kappa shape index (κ1) is 26.5. The molecule has 198 valence electrons. The van der Waals surface area contributed by atoms with E-state index in [1.54, 1.807) is 24.3 Å². The van der Waals surface area contributed by atoms with Gasteiger partial charge in [0, 0.05) is 6.07 Å². The van der Waals surface area contributed by atoms with Crippen LogP contribution in [0, 0.1) is 36.0 Å². The first-order chi connectivity index (χ1) is 18.0. The molecule has 0 spiro atoms. The first-order valence-corrected chi connectivity index (χ1v) is 10.8. The van der Waals surface area contributed by atoms with Crippen LogP contribution < -0.4 is 24.4 Å². The number of rotatable bonds is 7. The molecule has 1 unspecified atom stereocenters. The predicted octanol–water partition coefficient (Wildman–Crippen LogP) is 5.97. The molecule has 1 aromatic heterocycles. The average molecular weight is 536 g/mol. The predicted molar refractivity (Wildman–Crippen MR) is 122 cm³/mol. The van der Waals surface area contributed by atoms with Gasteiger partial charge in [-0.15, -0.1) is 0 Å². The van der Waals surface area contributed by atoms with Crippen LogP contribution in [0.5, 0.6) is 28.7 Å². The SMILES string of the molecule is COc1ccc(Oc2c(C)oc3cc(OC(=O)C(C)Oc4c(F)c(F)c(F)c(F)c4F)ccc3c2=O)cc1. The zero-order valence-electron chi connectivity index (χ0n) is 19.9. The molecule has 0 aliphatic rings. The topological polar surface area (TPSA) is 84.2 Å². The van der Waals surface area contributed by atoms with Gasteiger partial charge in [-0.05, 0) is 50.2 Å². The van der Waals surface area contributed by atoms with Gasteiger partial charge in [0.15, 0.2) is 11.9 Å². The Morgan fingerprint density at radius 1 is 0.816 bits per heavy atom. The van der Waals surface area contributed by atoms with Gasteiger partial charge in [0.25, 0.3) is 0 Å². The lowest BCUT2D eigenvalue weighted by molar-refractivity contribution is -0.141. The highest BCUT2D eigenvalue weighted by Gasteiger charge is 2.30. The Hall–Kier alpha value is -4.61. The molecule has 0 aliphatic carbocycles. The van der Waals surface area contributed by atoms with Crippen LogP contribution in [0.15, 0.2) is 51.7 Å². The fourth-order valence-electron chi connectivity index (χ4n) is 3.32. The Morgan fingerprint density at radius 3 is 1.97 bits per heavy atom. The lowest BCUT2D eigenvalue weighted by Gasteiger charge is -2.16. The lowest BCUT2D eigenvalue weighted by atomic mass is 10.2. The smallest absolute Gasteiger partial charge is 0.352 e. The summed E-state index contributed by atoms with van der Waals surface area (Å²) in [6, 6.07) is 10.2. The van der Waals surface area contributed by atoms with E-state index in [0.29, 0.717) is 11.5 Å². The largest absolute Gasteiger partial charge is 0.497 e. The number of carbonyl (C=O) groups excluding carboxylic acids is 1. The Kier molecular flexibility index (Phi) is 7.24. The van der Waals surface area contributed by atoms with Gasteiger partial charge in [0.05, 0.1) is 12.5 Å². The number of ether oxygens (including phenoxy) is 4. The van der Waals surface area contributed by atoms with E-state index in [9.17, 15) is 31.5 Å². The van der Waals surface area contributed by atoms with Gasteiger partial charge in [0.2, 0.25) is 40.3 Å². The minimum Gasteiger partial charge on any atom is -0.497 e. The zero-order valence-corrected chi connectivity index (χ0v) is 19.9. The van der Waals surface area contributed by atoms with E-state index in [4.69, 9.17) is 18.6 Å². The standard InChI is InChI=1S/C26H17F5O7/c1-11-24(37-14-6-4-13(34-3)5-7-14)23(32)16-9-8-15(10-17(16)35-11)38-26(33)12(2)36-25-21(30)19(28)18(27)20(29)22(25)31/h4-10,12H,1-3H3. The highest BCUT2D eigenvalue weighted by molar-refractivity contribution is 5.82. The van der Waals surface area contributed by atoms with Crippen LogP contribution in [0.2, 0.25) is 0 Å². The molecule has 3 aromatic carbocycles. The quantitative estimate of drug-likeness (QED) is 0.0946. The van der Waals surface area contributed by atoms with Crippen LogP contribution in [0.4, 0.5) is 22.0 Å². The summed E-state index contributed by atoms with van der Waals surface area (Å²) in [5, 5.41) is 0.0876. The van der Waals surface area contributed by atoms with E-state index in [1.807, 2.05) is 0 Å². The second-order valence-corrected chi connectivity index (χ2v) is 7.83. The number of methoxy groups -OCH3 is 1. The van der Waals surface area contributed by atoms with Crippen LogP contribution in [0.25, 0.3) is 11.0 Å². The average Bonchev–Trinajstić information content (AvgIpc) is 2.91. The number of halogens is 5. The molecule has 0 radical (unpaired) electrons. The summed E-state index contributed by atoms with van der Waals surface area (Å²) in [5.41, 5.74) is -0.492. The van der Waals surface area contributed by atoms with E-state index in [2.05, 4.69) is 4.74 Å². The first-order valence-electron chi connectivity index (χ1n) is 10.8. The molecule has 0 saturated carbocycles. The second kappa shape index (κ2) is 10.4. The third-order valence-corrected chi connectivity index (χ3v) is 5.28. The molecule has 1 heterocycles. The molecule has 4 aromatic rings. The molecule has 4 rings (SSSR count). The van der Waals surface area contributed by atoms with Crippen LogP contribution in [0.1, 0.15) is 12.7 Å². The van der Waals surface area contributed by atoms with Gasteiger partial charge >= 0.3 is 5.97 Å². The van der Waals surface area contributed by atoms with Gasteiger partial charge in [-0.2, -0.15) is 8.78 Å². The molecule has 0 saturated heterocycles. The van der Waals surface area contributed by atoms with Crippen molar-refractivity contribution in [3.63, 3.8) is 0 Å². The number of esters is 1. The van der Waals surface area contributed by atoms with Crippen molar-refractivity contribution < 1.29 is 50.1 Å². The number of hydrogen-bond donors (Lipinski definition) is 0. The maximum atomic E-state index is 13.9. The van der Waals surface area contributed by atoms with Crippen molar-refractivity contribution >= 4 is 16.9 Å². The Bertz CT molecular complexity index is 1570. The molecular weight excluding hydrogens is 519 g/mol. The van der Waals surface area contributed by atoms with Gasteiger partial charge in [0.1, 0.15) is 28.6 Å². The number of benzene rings is 3. The van der Waals surface area contributed by atoms with E-state index in [0.717, 1.165) is 6.92 Å². The van der Waals surface area contributed by atoms with Gasteiger partial charge in [-0.1, -0.05) is 0 Å². The van der Waals surface area contributed by atoms with E-state index in [-0.39, 0.29) is 28.2 Å². The summed E-state index contributed by atoms with van der Waals surface area (Å²) >= 11 is 0. The molecule has 0 N–H and O–H groups in total. The summed E-state index contributed by atoms with van der Waals surface area (Å²) in [4.78, 5) is 25.3. The van der Waals surface area contributed by atoms with E-state index in [1.165, 1.54) is 32.2 Å². The molecule has 0 fully saturated rings. The molecule has 38 heavy (non-hydrogen) atoms. The monoisotopic (exact) mass is 536 g/mol. The molecule has 0 aliphatic heterocycles. The minimum atomic E-state index is -2.37. The molecule has 0 amide bonds. The molecule has 7 nitrogen and oxygen atoms in total. The summed E-state index contributed by atoms with van der Waals surface area (Å²) in [5.74, 6) is -13.3. The van der Waals surface area contributed by atoms with Crippen LogP contribution >= 0.6 is 0 Å². The van der Waals surface area contributed by atoms with Crippen LogP contribution in [-0.4, -0.2) is 19.2 Å². The normalized spacial score (nSPS) is 11.8. The number of carbonyl (C=O) groups is 1. The van der Waals surface area contributed by atoms with Crippen molar-refractivity contribution in [1.82, 2.24) is 0 Å². The number of fused-ring (bicyclic) bond motifs is 1. The van der Waals surface area contributed by atoms with Crippen molar-refractivity contribution in [2.45, 2.75) is 20.0 Å². The Morgan fingerprint density at radius 2 is 1.37 bits per heavy atom.